The van der Waals surface area contributed by atoms with Crippen LogP contribution >= 0.6 is 34.0 Å². The molecule has 0 spiro atoms. The van der Waals surface area contributed by atoms with Crippen LogP contribution in [0.15, 0.2) is 483 Å². The summed E-state index contributed by atoms with van der Waals surface area (Å²) in [5, 5.41) is 20.2. The Hall–Kier alpha value is -16.7. The van der Waals surface area contributed by atoms with E-state index >= 15 is 0 Å². The van der Waals surface area contributed by atoms with Crippen molar-refractivity contribution >= 4 is 204 Å². The first-order chi connectivity index (χ1) is 69.6. The largest absolute Gasteiger partial charge is 0.456 e. The normalized spacial score (nSPS) is 11.2. The number of fused-ring (bicyclic) bond motifs is 24. The van der Waals surface area contributed by atoms with E-state index in [2.05, 4.69) is 444 Å². The molecule has 684 valence electrons. The van der Waals surface area contributed by atoms with Gasteiger partial charge in [-0.2, -0.15) is 0 Å². The summed E-state index contributed by atoms with van der Waals surface area (Å²) in [6.07, 6.45) is 0. The molecule has 0 saturated heterocycles. The summed E-state index contributed by atoms with van der Waals surface area (Å²) < 4.78 is 37.8. The fourth-order valence-electron chi connectivity index (χ4n) is 19.3. The van der Waals surface area contributed by atoms with Gasteiger partial charge in [0, 0.05) is 114 Å². The summed E-state index contributed by atoms with van der Waals surface area (Å²) in [5.74, 6) is 0. The van der Waals surface area contributed by atoms with Gasteiger partial charge in [0.25, 0.3) is 0 Å². The smallest absolute Gasteiger partial charge is 0.136 e. The lowest BCUT2D eigenvalue weighted by atomic mass is 9.99. The van der Waals surface area contributed by atoms with Gasteiger partial charge in [-0.1, -0.05) is 368 Å². The van der Waals surface area contributed by atoms with Gasteiger partial charge in [-0.05, 0) is 249 Å². The van der Waals surface area contributed by atoms with Crippen LogP contribution in [0.1, 0.15) is 44.5 Å². The average molecular weight is 1890 g/mol. The predicted octanol–water partition coefficient (Wildman–Crippen LogP) is 40.9. The minimum atomic E-state index is 0.946. The van der Waals surface area contributed by atoms with Crippen molar-refractivity contribution in [3.05, 3.63) is 506 Å². The molecule has 0 bridgehead atoms. The van der Waals surface area contributed by atoms with Crippen LogP contribution in [0, 0.1) is 55.4 Å². The second-order valence-corrected chi connectivity index (χ2v) is 39.7. The third-order valence-corrected chi connectivity index (χ3v) is 30.2. The summed E-state index contributed by atoms with van der Waals surface area (Å²) in [6, 6.07) is 161. The molecule has 0 fully saturated rings. The number of thiophene rings is 3. The zero-order valence-corrected chi connectivity index (χ0v) is 82.6. The number of hydrogen-bond donors (Lipinski definition) is 0. The molecule has 8 heterocycles. The number of hydrogen-bond acceptors (Lipinski definition) is 8. The second kappa shape index (κ2) is 40.0. The van der Waals surface area contributed by atoms with E-state index in [-0.39, 0.29) is 0 Å². The zero-order chi connectivity index (χ0) is 96.3. The first-order valence-corrected chi connectivity index (χ1v) is 50.6. The van der Waals surface area contributed by atoms with Gasteiger partial charge < -0.3 is 22.1 Å². The van der Waals surface area contributed by atoms with E-state index in [4.69, 9.17) is 22.1 Å². The topological polar surface area (TPSA) is 65.7 Å². The van der Waals surface area contributed by atoms with E-state index in [1.807, 2.05) is 107 Å². The van der Waals surface area contributed by atoms with E-state index in [1.54, 1.807) is 0 Å². The monoisotopic (exact) mass is 1880 g/mol. The Morgan fingerprint density at radius 2 is 0.472 bits per heavy atom. The Morgan fingerprint density at radius 3 is 1.05 bits per heavy atom. The van der Waals surface area contributed by atoms with Gasteiger partial charge in [0.2, 0.25) is 0 Å². The highest BCUT2D eigenvalue weighted by atomic mass is 32.1. The van der Waals surface area contributed by atoms with Gasteiger partial charge in [-0.3, -0.25) is 0 Å². The molecular weight excluding hydrogens is 1790 g/mol. The van der Waals surface area contributed by atoms with Crippen LogP contribution in [-0.2, 0) is 0 Å². The molecule has 0 atom stereocenters. The molecule has 0 amide bonds. The summed E-state index contributed by atoms with van der Waals surface area (Å²) in [4.78, 5) is 0. The van der Waals surface area contributed by atoms with Crippen molar-refractivity contribution in [2.45, 2.75) is 55.4 Å². The van der Waals surface area contributed by atoms with Crippen molar-refractivity contribution < 1.29 is 22.1 Å². The molecule has 142 heavy (non-hydrogen) atoms. The lowest BCUT2D eigenvalue weighted by Crippen LogP contribution is -1.81. The fraction of sp³-hybridized carbons (Fsp3) is 0.0597. The third-order valence-electron chi connectivity index (χ3n) is 26.6. The molecule has 8 heteroatoms. The quantitative estimate of drug-likeness (QED) is 0.172. The fourth-order valence-corrected chi connectivity index (χ4v) is 22.7. The first kappa shape index (κ1) is 90.4. The van der Waals surface area contributed by atoms with E-state index in [0.717, 1.165) is 55.8 Å². The Bertz CT molecular complexity index is 9640. The van der Waals surface area contributed by atoms with Gasteiger partial charge >= 0.3 is 0 Å². The first-order valence-electron chi connectivity index (χ1n) is 48.2. The Balaban J connectivity index is 0.0000000934. The van der Waals surface area contributed by atoms with Crippen LogP contribution in [0.3, 0.4) is 0 Å². The number of aryl methyl sites for hydroxylation is 8. The van der Waals surface area contributed by atoms with Crippen molar-refractivity contribution in [1.82, 2.24) is 0 Å². The molecule has 29 aromatic rings. The maximum absolute atomic E-state index is 5.94. The molecule has 5 nitrogen and oxygen atoms in total. The standard InChI is InChI=1S/5C19H14O.3C13H10S/c1-13-5-4-6-14(11-13)15-9-10-19-17(12-15)16-7-2-3-8-18(16)20-19;1-13-6-2-3-7-15(13)14-10-11-19-17(12-14)16-8-4-5-9-18(16)20-19;1-13-9-11-14(12-10-13)15-6-4-8-18-19(15)16-5-2-3-7-17(16)20-18;1-13-6-8-14(9-7-13)15-10-11-19-17(12-15)16-4-2-3-5-18(16)20-19;1-13-6-8-14(9-7-13)15-10-11-17-16-4-2-3-5-18(16)20-19(17)12-15;1-9-5-4-7-11-10-6-2-3-8-12(10)14-13(9)11;1-9-5-4-8-12-13(9)10-6-2-3-7-11(10)14-12;1-9-6-7-13-11(8-9)10-4-2-3-5-12(10)14-13/h5*2-12H,1H3;3*2-8H,1H3. The minimum Gasteiger partial charge on any atom is -0.456 e. The van der Waals surface area contributed by atoms with Gasteiger partial charge in [-0.15, -0.1) is 34.0 Å². The van der Waals surface area contributed by atoms with Crippen LogP contribution in [0.25, 0.3) is 226 Å². The van der Waals surface area contributed by atoms with Crippen molar-refractivity contribution in [2.75, 3.05) is 0 Å². The van der Waals surface area contributed by atoms with Crippen molar-refractivity contribution in [1.29, 1.82) is 0 Å². The average Bonchev–Trinajstić information content (AvgIpc) is 1.61. The molecule has 29 rings (SSSR count). The third kappa shape index (κ3) is 18.8. The van der Waals surface area contributed by atoms with E-state index in [1.165, 1.54) is 215 Å². The van der Waals surface area contributed by atoms with Gasteiger partial charge in [0.15, 0.2) is 0 Å². The van der Waals surface area contributed by atoms with Crippen molar-refractivity contribution in [3.8, 4) is 55.6 Å². The number of rotatable bonds is 5. The van der Waals surface area contributed by atoms with Crippen LogP contribution in [-0.4, -0.2) is 0 Å². The van der Waals surface area contributed by atoms with Crippen LogP contribution in [0.4, 0.5) is 0 Å². The van der Waals surface area contributed by atoms with Crippen molar-refractivity contribution in [2.24, 2.45) is 0 Å². The molecule has 0 radical (unpaired) electrons. The van der Waals surface area contributed by atoms with Gasteiger partial charge in [-0.25, -0.2) is 0 Å². The summed E-state index contributed by atoms with van der Waals surface area (Å²) in [6.45, 7) is 17.1. The molecule has 0 aliphatic carbocycles. The summed E-state index contributed by atoms with van der Waals surface area (Å²) in [7, 11) is 0. The van der Waals surface area contributed by atoms with Crippen molar-refractivity contribution in [3.63, 3.8) is 0 Å². The van der Waals surface area contributed by atoms with E-state index in [0.29, 0.717) is 0 Å². The van der Waals surface area contributed by atoms with Crippen LogP contribution in [0.2, 0.25) is 0 Å². The second-order valence-electron chi connectivity index (χ2n) is 36.5. The summed E-state index contributed by atoms with van der Waals surface area (Å²) >= 11 is 5.63. The lowest BCUT2D eigenvalue weighted by Gasteiger charge is -2.05. The van der Waals surface area contributed by atoms with E-state index in [9.17, 15) is 0 Å². The molecular formula is C134H100O5S3. The predicted molar refractivity (Wildman–Crippen MR) is 612 cm³/mol. The summed E-state index contributed by atoms with van der Waals surface area (Å²) in [5.41, 5.74) is 32.3. The van der Waals surface area contributed by atoms with Crippen LogP contribution in [0.5, 0.6) is 0 Å². The van der Waals surface area contributed by atoms with Gasteiger partial charge in [0.05, 0.1) is 0 Å². The molecule has 0 aliphatic heterocycles. The number of furan rings is 5. The maximum Gasteiger partial charge on any atom is 0.136 e. The number of benzene rings is 21. The van der Waals surface area contributed by atoms with E-state index < -0.39 is 0 Å². The molecule has 0 saturated carbocycles. The highest BCUT2D eigenvalue weighted by molar-refractivity contribution is 7.26. The SMILES string of the molecule is Cc1ccc(-c2ccc3c(c2)oc2ccccc23)cc1.Cc1ccc(-c2ccc3oc4ccccc4c3c2)cc1.Cc1ccc(-c2cccc3oc4ccccc4c23)cc1.Cc1ccc2sc3ccccc3c2c1.Cc1cccc(-c2ccc3oc4ccccc4c3c2)c1.Cc1cccc2c1sc1ccccc12.Cc1cccc2sc3ccccc3c12.Cc1ccccc1-c1ccc2oc3ccccc3c2c1. The highest BCUT2D eigenvalue weighted by Crippen LogP contribution is 2.43. The Morgan fingerprint density at radius 1 is 0.141 bits per heavy atom. The Kier molecular flexibility index (Phi) is 25.5. The molecule has 21 aromatic carbocycles. The molecule has 0 aliphatic rings. The zero-order valence-electron chi connectivity index (χ0n) is 80.1. The van der Waals surface area contributed by atoms with Gasteiger partial charge in [0.1, 0.15) is 55.8 Å². The molecule has 0 unspecified atom stereocenters. The van der Waals surface area contributed by atoms with Crippen LogP contribution < -0.4 is 0 Å². The highest BCUT2D eigenvalue weighted by Gasteiger charge is 2.18. The maximum atomic E-state index is 5.94. The Labute approximate surface area is 836 Å². The lowest BCUT2D eigenvalue weighted by molar-refractivity contribution is 0.668. The number of para-hydroxylation sites is 5. The minimum absolute atomic E-state index is 0.946. The molecule has 0 N–H and O–H groups in total. The molecule has 8 aromatic heterocycles.